The Labute approximate surface area is 141 Å². The first-order chi connectivity index (χ1) is 10.3. The van der Waals surface area contributed by atoms with Crippen molar-refractivity contribution in [2.75, 3.05) is 7.05 Å². The average Bonchev–Trinajstić information content (AvgIpc) is 2.97. The molecule has 0 aliphatic heterocycles. The van der Waals surface area contributed by atoms with E-state index in [0.717, 1.165) is 28.3 Å². The molecule has 0 radical (unpaired) electrons. The molecular formula is C18H20ClNOS. The van der Waals surface area contributed by atoms with Crippen LogP contribution in [0, 0.1) is 0 Å². The second kappa shape index (κ2) is 7.14. The van der Waals surface area contributed by atoms with Crippen LogP contribution in [0.5, 0.6) is 5.75 Å². The van der Waals surface area contributed by atoms with Crippen LogP contribution in [0.1, 0.15) is 24.3 Å². The molecule has 1 unspecified atom stereocenters. The average molecular weight is 334 g/mol. The molecule has 0 fully saturated rings. The minimum absolute atomic E-state index is 0. The van der Waals surface area contributed by atoms with Crippen LogP contribution in [0.15, 0.2) is 47.8 Å². The standard InChI is InChI=1S/C18H19NOS.ClH/c1-3-15(19-2)18-14(10-11-21-18)17-13-7-5-4-6-12(13)8-9-16(17)20;/h4-11,15,19-20H,3H2,1-2H3;1H. The monoisotopic (exact) mass is 333 g/mol. The lowest BCUT2D eigenvalue weighted by molar-refractivity contribution is 0.478. The van der Waals surface area contributed by atoms with Crippen molar-refractivity contribution in [1.82, 2.24) is 5.32 Å². The molecule has 0 spiro atoms. The molecule has 0 bridgehead atoms. The Morgan fingerprint density at radius 2 is 1.91 bits per heavy atom. The fourth-order valence-corrected chi connectivity index (χ4v) is 3.96. The Kier molecular flexibility index (Phi) is 5.46. The highest BCUT2D eigenvalue weighted by Crippen LogP contribution is 2.42. The number of phenolic OH excluding ortho intramolecular Hbond substituents is 1. The van der Waals surface area contributed by atoms with Crippen molar-refractivity contribution >= 4 is 34.5 Å². The van der Waals surface area contributed by atoms with Crippen molar-refractivity contribution in [3.63, 3.8) is 0 Å². The highest BCUT2D eigenvalue weighted by Gasteiger charge is 2.18. The first-order valence-electron chi connectivity index (χ1n) is 7.22. The maximum absolute atomic E-state index is 10.4. The number of halogens is 1. The molecule has 0 aliphatic carbocycles. The van der Waals surface area contributed by atoms with E-state index in [1.54, 1.807) is 17.4 Å². The summed E-state index contributed by atoms with van der Waals surface area (Å²) in [6, 6.07) is 14.4. The molecule has 0 aliphatic rings. The van der Waals surface area contributed by atoms with Gasteiger partial charge in [-0.1, -0.05) is 37.3 Å². The maximum Gasteiger partial charge on any atom is 0.124 e. The molecule has 2 N–H and O–H groups in total. The third-order valence-electron chi connectivity index (χ3n) is 3.94. The van der Waals surface area contributed by atoms with Gasteiger partial charge in [-0.15, -0.1) is 23.7 Å². The number of nitrogens with one attached hydrogen (secondary N) is 1. The summed E-state index contributed by atoms with van der Waals surface area (Å²) >= 11 is 1.75. The summed E-state index contributed by atoms with van der Waals surface area (Å²) in [6.45, 7) is 2.17. The minimum atomic E-state index is 0. The second-order valence-corrected chi connectivity index (χ2v) is 6.08. The zero-order chi connectivity index (χ0) is 14.8. The van der Waals surface area contributed by atoms with Gasteiger partial charge in [0.05, 0.1) is 0 Å². The maximum atomic E-state index is 10.4. The van der Waals surface area contributed by atoms with Crippen LogP contribution in [0.25, 0.3) is 21.9 Å². The Morgan fingerprint density at radius 1 is 1.14 bits per heavy atom. The number of thiophene rings is 1. The van der Waals surface area contributed by atoms with E-state index in [2.05, 4.69) is 35.8 Å². The molecule has 22 heavy (non-hydrogen) atoms. The van der Waals surface area contributed by atoms with E-state index in [0.29, 0.717) is 11.8 Å². The van der Waals surface area contributed by atoms with E-state index < -0.39 is 0 Å². The number of rotatable bonds is 4. The predicted octanol–water partition coefficient (Wildman–Crippen LogP) is 5.37. The number of hydrogen-bond donors (Lipinski definition) is 2. The van der Waals surface area contributed by atoms with E-state index in [9.17, 15) is 5.11 Å². The van der Waals surface area contributed by atoms with Crippen molar-refractivity contribution in [2.45, 2.75) is 19.4 Å². The van der Waals surface area contributed by atoms with Gasteiger partial charge in [0.25, 0.3) is 0 Å². The van der Waals surface area contributed by atoms with E-state index in [-0.39, 0.29) is 12.4 Å². The molecule has 1 aromatic heterocycles. The summed E-state index contributed by atoms with van der Waals surface area (Å²) < 4.78 is 0. The molecular weight excluding hydrogens is 314 g/mol. The summed E-state index contributed by atoms with van der Waals surface area (Å²) in [7, 11) is 1.99. The predicted molar refractivity (Wildman–Crippen MR) is 98.3 cm³/mol. The highest BCUT2D eigenvalue weighted by atomic mass is 35.5. The molecule has 1 heterocycles. The molecule has 0 saturated carbocycles. The van der Waals surface area contributed by atoms with Crippen molar-refractivity contribution in [3.8, 4) is 16.9 Å². The molecule has 1 atom stereocenters. The quantitative estimate of drug-likeness (QED) is 0.673. The normalized spacial score (nSPS) is 12.1. The van der Waals surface area contributed by atoms with Gasteiger partial charge in [0.2, 0.25) is 0 Å². The fraction of sp³-hybridized carbons (Fsp3) is 0.222. The molecule has 0 saturated heterocycles. The summed E-state index contributed by atoms with van der Waals surface area (Å²) in [5.41, 5.74) is 2.08. The Balaban J connectivity index is 0.00000176. The van der Waals surface area contributed by atoms with Crippen molar-refractivity contribution in [1.29, 1.82) is 0 Å². The zero-order valence-corrected chi connectivity index (χ0v) is 14.3. The van der Waals surface area contributed by atoms with E-state index in [1.807, 2.05) is 25.2 Å². The first kappa shape index (κ1) is 16.8. The van der Waals surface area contributed by atoms with Crippen LogP contribution in [0.2, 0.25) is 0 Å². The number of benzene rings is 2. The van der Waals surface area contributed by atoms with Gasteiger partial charge in [-0.2, -0.15) is 0 Å². The summed E-state index contributed by atoms with van der Waals surface area (Å²) in [5.74, 6) is 0.347. The number of aromatic hydroxyl groups is 1. The van der Waals surface area contributed by atoms with Crippen LogP contribution in [0.4, 0.5) is 0 Å². The summed E-state index contributed by atoms with van der Waals surface area (Å²) in [5, 5.41) is 18.1. The lowest BCUT2D eigenvalue weighted by Crippen LogP contribution is -2.14. The van der Waals surface area contributed by atoms with Gasteiger partial charge >= 0.3 is 0 Å². The van der Waals surface area contributed by atoms with E-state index in [4.69, 9.17) is 0 Å². The number of fused-ring (bicyclic) bond motifs is 1. The molecule has 0 amide bonds. The molecule has 116 valence electrons. The van der Waals surface area contributed by atoms with Gasteiger partial charge in [0, 0.05) is 22.0 Å². The second-order valence-electron chi connectivity index (χ2n) is 5.13. The first-order valence-corrected chi connectivity index (χ1v) is 8.10. The van der Waals surface area contributed by atoms with Crippen LogP contribution in [0.3, 0.4) is 0 Å². The van der Waals surface area contributed by atoms with Crippen molar-refractivity contribution in [3.05, 3.63) is 52.7 Å². The number of phenols is 1. The fourth-order valence-electron chi connectivity index (χ4n) is 2.86. The van der Waals surface area contributed by atoms with Gasteiger partial charge in [-0.3, -0.25) is 0 Å². The van der Waals surface area contributed by atoms with Crippen LogP contribution >= 0.6 is 23.7 Å². The van der Waals surface area contributed by atoms with Gasteiger partial charge in [0.1, 0.15) is 5.75 Å². The van der Waals surface area contributed by atoms with Crippen LogP contribution < -0.4 is 5.32 Å². The van der Waals surface area contributed by atoms with Crippen LogP contribution in [-0.2, 0) is 0 Å². The summed E-state index contributed by atoms with van der Waals surface area (Å²) in [4.78, 5) is 1.28. The van der Waals surface area contributed by atoms with Crippen molar-refractivity contribution in [2.24, 2.45) is 0 Å². The Morgan fingerprint density at radius 3 is 2.64 bits per heavy atom. The highest BCUT2D eigenvalue weighted by molar-refractivity contribution is 7.10. The SMILES string of the molecule is CCC(NC)c1sccc1-c1c(O)ccc2ccccc12.Cl. The summed E-state index contributed by atoms with van der Waals surface area (Å²) in [6.07, 6.45) is 1.02. The topological polar surface area (TPSA) is 32.3 Å². The third kappa shape index (κ3) is 2.84. The Bertz CT molecular complexity index is 765. The number of hydrogen-bond acceptors (Lipinski definition) is 3. The van der Waals surface area contributed by atoms with Gasteiger partial charge < -0.3 is 10.4 Å². The van der Waals surface area contributed by atoms with E-state index >= 15 is 0 Å². The van der Waals surface area contributed by atoms with Gasteiger partial charge in [-0.05, 0) is 41.8 Å². The lowest BCUT2D eigenvalue weighted by Gasteiger charge is -2.16. The van der Waals surface area contributed by atoms with Gasteiger partial charge in [0.15, 0.2) is 0 Å². The largest absolute Gasteiger partial charge is 0.507 e. The lowest BCUT2D eigenvalue weighted by atomic mass is 9.95. The third-order valence-corrected chi connectivity index (χ3v) is 4.98. The van der Waals surface area contributed by atoms with Crippen molar-refractivity contribution < 1.29 is 5.11 Å². The Hall–Kier alpha value is -1.55. The molecule has 2 aromatic carbocycles. The molecule has 3 rings (SSSR count). The van der Waals surface area contributed by atoms with E-state index in [1.165, 1.54) is 4.88 Å². The van der Waals surface area contributed by atoms with Crippen LogP contribution in [-0.4, -0.2) is 12.2 Å². The molecule has 2 nitrogen and oxygen atoms in total. The minimum Gasteiger partial charge on any atom is -0.507 e. The molecule has 4 heteroatoms. The zero-order valence-electron chi connectivity index (χ0n) is 12.7. The smallest absolute Gasteiger partial charge is 0.124 e. The molecule has 3 aromatic rings. The van der Waals surface area contributed by atoms with Gasteiger partial charge in [-0.25, -0.2) is 0 Å².